The van der Waals surface area contributed by atoms with Crippen molar-refractivity contribution in [3.63, 3.8) is 0 Å². The fourth-order valence-corrected chi connectivity index (χ4v) is 8.20. The molecule has 0 fully saturated rings. The first-order valence-corrected chi connectivity index (χ1v) is 19.0. The van der Waals surface area contributed by atoms with Gasteiger partial charge in [-0.25, -0.2) is 4.79 Å². The first kappa shape index (κ1) is 36.0. The molecule has 0 amide bonds. The number of hydrogen-bond donors (Lipinski definition) is 0. The summed E-state index contributed by atoms with van der Waals surface area (Å²) in [6, 6.07) is 27.4. The summed E-state index contributed by atoms with van der Waals surface area (Å²) >= 11 is 3.44. The molecular formula is C44H43BrN2O7. The highest BCUT2D eigenvalue weighted by molar-refractivity contribution is 9.10. The lowest BCUT2D eigenvalue weighted by Crippen LogP contribution is -2.34. The van der Waals surface area contributed by atoms with Gasteiger partial charge in [0.05, 0.1) is 26.9 Å². The molecule has 0 radical (unpaired) electrons. The van der Waals surface area contributed by atoms with Gasteiger partial charge >= 0.3 is 5.97 Å². The van der Waals surface area contributed by atoms with Crippen LogP contribution in [0.1, 0.15) is 55.8 Å². The molecule has 0 unspecified atom stereocenters. The number of carbonyl (C=O) groups excluding carboxylic acids is 1. The smallest absolute Gasteiger partial charge is 0.343 e. The van der Waals surface area contributed by atoms with Gasteiger partial charge in [0.2, 0.25) is 5.75 Å². The summed E-state index contributed by atoms with van der Waals surface area (Å²) in [5, 5.41) is 0. The van der Waals surface area contributed by atoms with E-state index >= 15 is 0 Å². The Morgan fingerprint density at radius 1 is 0.685 bits per heavy atom. The van der Waals surface area contributed by atoms with E-state index in [-0.39, 0.29) is 12.1 Å². The number of hydrogen-bond acceptors (Lipinski definition) is 9. The van der Waals surface area contributed by atoms with E-state index in [0.717, 1.165) is 59.1 Å². The van der Waals surface area contributed by atoms with Gasteiger partial charge in [0, 0.05) is 35.2 Å². The Labute approximate surface area is 324 Å². The van der Waals surface area contributed by atoms with Crippen LogP contribution in [0.3, 0.4) is 0 Å². The molecule has 0 spiro atoms. The number of ether oxygens (including phenoxy) is 6. The number of halogens is 1. The molecule has 54 heavy (non-hydrogen) atoms. The number of nitrogens with zero attached hydrogens (tertiary/aromatic N) is 2. The predicted octanol–water partition coefficient (Wildman–Crippen LogP) is 9.14. The molecule has 9 nitrogen and oxygen atoms in total. The zero-order chi connectivity index (χ0) is 37.5. The third kappa shape index (κ3) is 6.90. The third-order valence-electron chi connectivity index (χ3n) is 10.9. The predicted molar refractivity (Wildman–Crippen MR) is 210 cm³/mol. The highest BCUT2D eigenvalue weighted by Gasteiger charge is 2.35. The van der Waals surface area contributed by atoms with Crippen LogP contribution in [0.2, 0.25) is 0 Å². The summed E-state index contributed by atoms with van der Waals surface area (Å²) in [7, 11) is 9.30. The minimum Gasteiger partial charge on any atom is -0.493 e. The fourth-order valence-electron chi connectivity index (χ4n) is 7.94. The van der Waals surface area contributed by atoms with Crippen LogP contribution in [0.25, 0.3) is 0 Å². The average molecular weight is 792 g/mol. The van der Waals surface area contributed by atoms with E-state index in [1.165, 1.54) is 11.1 Å². The van der Waals surface area contributed by atoms with Crippen molar-refractivity contribution in [3.8, 4) is 46.0 Å². The summed E-state index contributed by atoms with van der Waals surface area (Å²) in [5.41, 5.74) is 7.21. The Morgan fingerprint density at radius 2 is 1.33 bits per heavy atom. The number of carbonyl (C=O) groups is 1. The minimum absolute atomic E-state index is 0.103. The summed E-state index contributed by atoms with van der Waals surface area (Å²) in [4.78, 5) is 18.1. The van der Waals surface area contributed by atoms with E-state index < -0.39 is 5.97 Å². The van der Waals surface area contributed by atoms with Crippen molar-refractivity contribution in [1.82, 2.24) is 9.80 Å². The van der Waals surface area contributed by atoms with Crippen LogP contribution < -0.4 is 28.4 Å². The first-order valence-electron chi connectivity index (χ1n) is 18.2. The van der Waals surface area contributed by atoms with Crippen molar-refractivity contribution in [2.45, 2.75) is 37.8 Å². The monoisotopic (exact) mass is 790 g/mol. The van der Waals surface area contributed by atoms with Crippen LogP contribution >= 0.6 is 15.9 Å². The van der Waals surface area contributed by atoms with E-state index in [4.69, 9.17) is 28.4 Å². The molecule has 9 rings (SSSR count). The van der Waals surface area contributed by atoms with E-state index in [9.17, 15) is 4.79 Å². The lowest BCUT2D eigenvalue weighted by atomic mass is 9.87. The van der Waals surface area contributed by atoms with E-state index in [2.05, 4.69) is 70.2 Å². The fraction of sp³-hybridized carbons (Fsp3) is 0.295. The Bertz CT molecular complexity index is 2210. The molecule has 4 heterocycles. The molecular weight excluding hydrogens is 748 g/mol. The molecule has 278 valence electrons. The van der Waals surface area contributed by atoms with Gasteiger partial charge in [0.25, 0.3) is 0 Å². The van der Waals surface area contributed by atoms with E-state index in [1.54, 1.807) is 33.5 Å². The van der Waals surface area contributed by atoms with Crippen LogP contribution in [0.5, 0.6) is 46.0 Å². The molecule has 4 aliphatic rings. The average Bonchev–Trinajstić information content (AvgIpc) is 3.18. The summed E-state index contributed by atoms with van der Waals surface area (Å²) in [6.45, 7) is 1.76. The van der Waals surface area contributed by atoms with Crippen LogP contribution in [0, 0.1) is 0 Å². The lowest BCUT2D eigenvalue weighted by molar-refractivity contribution is 0.0730. The number of benzene rings is 5. The molecule has 5 aromatic carbocycles. The van der Waals surface area contributed by atoms with Crippen molar-refractivity contribution in [1.29, 1.82) is 0 Å². The maximum Gasteiger partial charge on any atom is 0.343 e. The summed E-state index contributed by atoms with van der Waals surface area (Å²) < 4.78 is 38.5. The van der Waals surface area contributed by atoms with Gasteiger partial charge in [0.1, 0.15) is 5.75 Å². The third-order valence-corrected chi connectivity index (χ3v) is 11.4. The normalized spacial score (nSPS) is 18.0. The van der Waals surface area contributed by atoms with Gasteiger partial charge in [-0.2, -0.15) is 0 Å². The van der Waals surface area contributed by atoms with Crippen molar-refractivity contribution in [2.24, 2.45) is 0 Å². The second-order valence-corrected chi connectivity index (χ2v) is 15.1. The number of fused-ring (bicyclic) bond motifs is 2. The molecule has 4 aliphatic heterocycles. The number of methoxy groups -OCH3 is 3. The van der Waals surface area contributed by atoms with Gasteiger partial charge in [0.15, 0.2) is 34.5 Å². The topological polar surface area (TPSA) is 78.9 Å². The molecule has 0 N–H and O–H groups in total. The van der Waals surface area contributed by atoms with Crippen LogP contribution in [-0.2, 0) is 25.7 Å². The first-order chi connectivity index (χ1) is 26.2. The maximum atomic E-state index is 13.3. The second kappa shape index (κ2) is 15.0. The lowest BCUT2D eigenvalue weighted by Gasteiger charge is -2.37. The minimum atomic E-state index is -0.469. The Hall–Kier alpha value is -5.03. The van der Waals surface area contributed by atoms with Crippen molar-refractivity contribution < 1.29 is 33.2 Å². The number of esters is 1. The van der Waals surface area contributed by atoms with Gasteiger partial charge < -0.3 is 28.4 Å². The van der Waals surface area contributed by atoms with Crippen LogP contribution in [0.4, 0.5) is 0 Å². The number of likely N-dealkylation sites (N-methyl/N-ethyl adjacent to an activating group) is 2. The largest absolute Gasteiger partial charge is 0.493 e. The van der Waals surface area contributed by atoms with Gasteiger partial charge in [-0.1, -0.05) is 34.1 Å². The van der Waals surface area contributed by atoms with E-state index in [0.29, 0.717) is 58.0 Å². The number of rotatable bonds is 5. The quantitative estimate of drug-likeness (QED) is 0.128. The van der Waals surface area contributed by atoms with Gasteiger partial charge in [-0.05, 0) is 134 Å². The Morgan fingerprint density at radius 3 is 2.06 bits per heavy atom. The Kier molecular flexibility index (Phi) is 10.00. The zero-order valence-corrected chi connectivity index (χ0v) is 32.7. The molecule has 0 saturated heterocycles. The van der Waals surface area contributed by atoms with Crippen LogP contribution in [-0.4, -0.2) is 64.3 Å². The maximum absolute atomic E-state index is 13.3. The molecule has 2 atom stereocenters. The van der Waals surface area contributed by atoms with Crippen molar-refractivity contribution in [3.05, 3.63) is 128 Å². The molecule has 5 aromatic rings. The van der Waals surface area contributed by atoms with Crippen molar-refractivity contribution in [2.75, 3.05) is 48.5 Å². The SMILES string of the molecule is COc1cc2c3cc1Oc1c(OC)c(OC)cc4c1[C@@H](Cc1ccc(OC(=O)c5ccc(Br)cc5)c(c1)Oc1ccc(cc1)C[C@@H]3N(C)CC2)N(C)CC4. The highest BCUT2D eigenvalue weighted by Crippen LogP contribution is 2.52. The van der Waals surface area contributed by atoms with Crippen LogP contribution in [0.15, 0.2) is 89.4 Å². The highest BCUT2D eigenvalue weighted by atomic mass is 79.9. The molecule has 10 heteroatoms. The summed E-state index contributed by atoms with van der Waals surface area (Å²) in [6.07, 6.45) is 3.11. The second-order valence-electron chi connectivity index (χ2n) is 14.1. The van der Waals surface area contributed by atoms with Crippen molar-refractivity contribution >= 4 is 21.9 Å². The molecule has 6 bridgehead atoms. The standard InChI is InChI=1S/C44H43BrN2O7/c1-46-18-16-29-23-37(49-3)39-25-33(29)34(46)20-26-6-13-32(14-7-26)52-38-22-27(8-15-36(38)54-44(48)28-9-11-31(45)12-10-28)21-35-41-30(17-19-47(35)2)24-40(50-4)42(51-5)43(41)53-39/h6-15,22-25,34-35H,16-21H2,1-5H3/t34-,35+/m0/s1. The molecule has 0 aromatic heterocycles. The van der Waals surface area contributed by atoms with Gasteiger partial charge in [-0.3, -0.25) is 9.80 Å². The molecule has 0 saturated carbocycles. The van der Waals surface area contributed by atoms with E-state index in [1.807, 2.05) is 42.5 Å². The zero-order valence-electron chi connectivity index (χ0n) is 31.1. The Balaban J connectivity index is 1.30. The molecule has 0 aliphatic carbocycles. The van der Waals surface area contributed by atoms with Gasteiger partial charge in [-0.15, -0.1) is 0 Å². The summed E-state index contributed by atoms with van der Waals surface area (Å²) in [5.74, 6) is 4.00.